The SMILES string of the molecule is CC(CBr)Oc1ccc(O)cc1.CC(CCl)Oc1ccc(O)cc1.CC(CF)Oc1ccc(O)cc1.CC(Oc1ccc(O)cc1)C(F)(F)F. The molecule has 0 saturated carbocycles. The third-order valence-electron chi connectivity index (χ3n) is 5.78. The van der Waals surface area contributed by atoms with Gasteiger partial charge in [0, 0.05) is 5.33 Å². The van der Waals surface area contributed by atoms with Crippen molar-refractivity contribution in [1.82, 2.24) is 0 Å². The Hall–Kier alpha value is -4.23. The van der Waals surface area contributed by atoms with Crippen molar-refractivity contribution in [2.45, 2.75) is 58.3 Å². The van der Waals surface area contributed by atoms with Crippen LogP contribution in [-0.4, -0.2) is 68.9 Å². The van der Waals surface area contributed by atoms with Crippen molar-refractivity contribution in [3.05, 3.63) is 97.1 Å². The third-order valence-corrected chi connectivity index (χ3v) is 7.13. The summed E-state index contributed by atoms with van der Waals surface area (Å²) in [6, 6.07) is 24.6. The summed E-state index contributed by atoms with van der Waals surface area (Å²) in [6.45, 7) is 5.92. The second-order valence-electron chi connectivity index (χ2n) is 10.5. The Balaban J connectivity index is 0.000000334. The van der Waals surface area contributed by atoms with E-state index in [1.54, 1.807) is 67.6 Å². The molecular formula is C36H42BrClF4O8. The van der Waals surface area contributed by atoms with Crippen LogP contribution in [0.1, 0.15) is 27.7 Å². The van der Waals surface area contributed by atoms with E-state index in [-0.39, 0.29) is 41.0 Å². The standard InChI is InChI=1S/C9H11BrO2.C9H11ClO2.C9H9F3O2.C9H11FO2/c2*1-7(6-10)12-9-4-2-8(11)3-5-9;1-6(9(10,11)12)14-8-4-2-7(13)3-5-8;1-7(6-10)12-9-4-2-8(11)3-5-9/h2*2-5,7,11H,6H2,1H3;2-6,13H,1H3;2-5,7,11H,6H2,1H3. The zero-order valence-corrected chi connectivity index (χ0v) is 30.2. The number of halogens is 6. The first-order valence-corrected chi connectivity index (χ1v) is 16.8. The Morgan fingerprint density at radius 2 is 0.820 bits per heavy atom. The lowest BCUT2D eigenvalue weighted by Gasteiger charge is -2.17. The van der Waals surface area contributed by atoms with Crippen LogP contribution in [0.2, 0.25) is 0 Å². The second kappa shape index (κ2) is 23.2. The summed E-state index contributed by atoms with van der Waals surface area (Å²) in [7, 11) is 0. The van der Waals surface area contributed by atoms with Gasteiger partial charge in [-0.15, -0.1) is 11.6 Å². The fraction of sp³-hybridized carbons (Fsp3) is 0.333. The summed E-state index contributed by atoms with van der Waals surface area (Å²) >= 11 is 8.87. The van der Waals surface area contributed by atoms with Crippen LogP contribution in [0.25, 0.3) is 0 Å². The molecule has 4 aromatic rings. The van der Waals surface area contributed by atoms with E-state index >= 15 is 0 Å². The van der Waals surface area contributed by atoms with Gasteiger partial charge in [0.05, 0.1) is 5.88 Å². The van der Waals surface area contributed by atoms with Crippen molar-refractivity contribution >= 4 is 27.5 Å². The molecule has 50 heavy (non-hydrogen) atoms. The molecule has 0 aliphatic rings. The molecule has 0 aromatic heterocycles. The molecule has 0 aliphatic carbocycles. The number of aromatic hydroxyl groups is 4. The summed E-state index contributed by atoms with van der Waals surface area (Å²) < 4.78 is 68.7. The van der Waals surface area contributed by atoms with Gasteiger partial charge in [0.2, 0.25) is 0 Å². The first kappa shape index (κ1) is 43.8. The lowest BCUT2D eigenvalue weighted by atomic mass is 10.3. The molecule has 4 N–H and O–H groups in total. The van der Waals surface area contributed by atoms with Gasteiger partial charge in [0.25, 0.3) is 0 Å². The molecule has 14 heteroatoms. The van der Waals surface area contributed by atoms with E-state index < -0.39 is 25.1 Å². The van der Waals surface area contributed by atoms with E-state index in [9.17, 15) is 17.6 Å². The Kier molecular flexibility index (Phi) is 20.3. The Morgan fingerprint density at radius 3 is 1.08 bits per heavy atom. The topological polar surface area (TPSA) is 118 Å². The Labute approximate surface area is 302 Å². The van der Waals surface area contributed by atoms with Gasteiger partial charge in [-0.25, -0.2) is 4.39 Å². The summed E-state index contributed by atoms with van der Waals surface area (Å²) in [5.41, 5.74) is 0. The van der Waals surface area contributed by atoms with Crippen LogP contribution in [-0.2, 0) is 0 Å². The Bertz CT molecular complexity index is 1320. The maximum absolute atomic E-state index is 12.0. The summed E-state index contributed by atoms with van der Waals surface area (Å²) in [5, 5.41) is 36.5. The van der Waals surface area contributed by atoms with Crippen LogP contribution < -0.4 is 18.9 Å². The quantitative estimate of drug-likeness (QED) is 0.0876. The first-order valence-electron chi connectivity index (χ1n) is 15.1. The van der Waals surface area contributed by atoms with Crippen LogP contribution in [0.5, 0.6) is 46.0 Å². The van der Waals surface area contributed by atoms with Crippen molar-refractivity contribution in [2.75, 3.05) is 17.9 Å². The predicted octanol–water partition coefficient (Wildman–Crippen LogP) is 9.80. The number of alkyl halides is 6. The summed E-state index contributed by atoms with van der Waals surface area (Å²) in [5.74, 6) is 3.26. The molecule has 0 spiro atoms. The smallest absolute Gasteiger partial charge is 0.425 e. The normalized spacial score (nSPS) is 12.8. The van der Waals surface area contributed by atoms with Gasteiger partial charge in [-0.1, -0.05) is 15.9 Å². The molecule has 4 unspecified atom stereocenters. The van der Waals surface area contributed by atoms with Gasteiger partial charge in [-0.05, 0) is 125 Å². The largest absolute Gasteiger partial charge is 0.508 e. The molecule has 276 valence electrons. The molecule has 4 atom stereocenters. The van der Waals surface area contributed by atoms with Crippen molar-refractivity contribution in [2.24, 2.45) is 0 Å². The van der Waals surface area contributed by atoms with E-state index in [0.717, 1.165) is 23.8 Å². The minimum atomic E-state index is -4.38. The fourth-order valence-corrected chi connectivity index (χ4v) is 3.36. The number of rotatable bonds is 11. The van der Waals surface area contributed by atoms with E-state index in [2.05, 4.69) is 20.7 Å². The summed E-state index contributed by atoms with van der Waals surface area (Å²) in [4.78, 5) is 0. The van der Waals surface area contributed by atoms with Crippen LogP contribution in [0.15, 0.2) is 97.1 Å². The highest BCUT2D eigenvalue weighted by atomic mass is 79.9. The predicted molar refractivity (Wildman–Crippen MR) is 189 cm³/mol. The van der Waals surface area contributed by atoms with Crippen LogP contribution >= 0.6 is 27.5 Å². The second-order valence-corrected chi connectivity index (χ2v) is 11.5. The molecule has 0 aliphatic heterocycles. The summed E-state index contributed by atoms with van der Waals surface area (Å²) in [6.07, 6.45) is -6.52. The molecule has 0 heterocycles. The molecular weight excluding hydrogens is 752 g/mol. The van der Waals surface area contributed by atoms with Crippen molar-refractivity contribution in [3.63, 3.8) is 0 Å². The molecule has 8 nitrogen and oxygen atoms in total. The number of phenols is 4. The molecule has 0 fully saturated rings. The first-order chi connectivity index (χ1) is 23.6. The molecule has 0 saturated heterocycles. The van der Waals surface area contributed by atoms with E-state index in [1.165, 1.54) is 36.4 Å². The van der Waals surface area contributed by atoms with E-state index in [0.29, 0.717) is 11.6 Å². The lowest BCUT2D eigenvalue weighted by molar-refractivity contribution is -0.189. The molecule has 0 amide bonds. The van der Waals surface area contributed by atoms with Gasteiger partial charge in [0.15, 0.2) is 6.10 Å². The van der Waals surface area contributed by atoms with Gasteiger partial charge >= 0.3 is 6.18 Å². The molecule has 0 bridgehead atoms. The van der Waals surface area contributed by atoms with Gasteiger partial charge in [-0.2, -0.15) is 13.2 Å². The Morgan fingerprint density at radius 1 is 0.540 bits per heavy atom. The minimum Gasteiger partial charge on any atom is -0.508 e. The number of benzene rings is 4. The van der Waals surface area contributed by atoms with Crippen LogP contribution in [0, 0.1) is 0 Å². The van der Waals surface area contributed by atoms with Crippen molar-refractivity contribution in [3.8, 4) is 46.0 Å². The molecule has 0 radical (unpaired) electrons. The highest BCUT2D eigenvalue weighted by Gasteiger charge is 2.38. The zero-order valence-electron chi connectivity index (χ0n) is 27.9. The molecule has 4 rings (SSSR count). The number of ether oxygens (including phenoxy) is 4. The van der Waals surface area contributed by atoms with Crippen LogP contribution in [0.4, 0.5) is 17.6 Å². The third kappa shape index (κ3) is 19.7. The number of hydrogen-bond acceptors (Lipinski definition) is 8. The van der Waals surface area contributed by atoms with Crippen LogP contribution in [0.3, 0.4) is 0 Å². The minimum absolute atomic E-state index is 0.00351. The number of hydrogen-bond donors (Lipinski definition) is 4. The van der Waals surface area contributed by atoms with Crippen molar-refractivity contribution in [1.29, 1.82) is 0 Å². The average molecular weight is 794 g/mol. The highest BCUT2D eigenvalue weighted by Crippen LogP contribution is 2.26. The van der Waals surface area contributed by atoms with Crippen molar-refractivity contribution < 1.29 is 56.9 Å². The van der Waals surface area contributed by atoms with Gasteiger partial charge in [0.1, 0.15) is 71.0 Å². The average Bonchev–Trinajstić information content (AvgIpc) is 3.09. The van der Waals surface area contributed by atoms with E-state index in [4.69, 9.17) is 46.2 Å². The number of phenolic OH excluding ortho intramolecular Hbond substituents is 4. The maximum atomic E-state index is 12.0. The van der Waals surface area contributed by atoms with Gasteiger partial charge in [-0.3, -0.25) is 0 Å². The van der Waals surface area contributed by atoms with Gasteiger partial charge < -0.3 is 39.4 Å². The van der Waals surface area contributed by atoms with E-state index in [1.807, 2.05) is 13.8 Å². The maximum Gasteiger partial charge on any atom is 0.425 e. The highest BCUT2D eigenvalue weighted by molar-refractivity contribution is 9.09. The zero-order chi connectivity index (χ0) is 37.7. The monoisotopic (exact) mass is 792 g/mol. The lowest BCUT2D eigenvalue weighted by Crippen LogP contribution is -2.31. The molecule has 4 aromatic carbocycles. The fourth-order valence-electron chi connectivity index (χ4n) is 3.16.